The summed E-state index contributed by atoms with van der Waals surface area (Å²) in [7, 11) is 1.85. The van der Waals surface area contributed by atoms with Gasteiger partial charge in [-0.3, -0.25) is 9.80 Å². The lowest BCUT2D eigenvalue weighted by Gasteiger charge is -2.37. The second kappa shape index (κ2) is 6.08. The molecule has 3 fully saturated rings. The zero-order valence-corrected chi connectivity index (χ0v) is 12.3. The monoisotopic (exact) mass is 268 g/mol. The number of fused-ring (bicyclic) bond motifs is 1. The maximum absolute atomic E-state index is 5.80. The van der Waals surface area contributed by atoms with E-state index >= 15 is 0 Å². The van der Waals surface area contributed by atoms with Crippen LogP contribution in [0.5, 0.6) is 0 Å². The molecule has 0 amide bonds. The molecule has 0 aromatic heterocycles. The quantitative estimate of drug-likeness (QED) is 0.771. The molecule has 0 aromatic rings. The van der Waals surface area contributed by atoms with Crippen LogP contribution in [0.15, 0.2) is 0 Å². The van der Waals surface area contributed by atoms with Crippen LogP contribution < -0.4 is 0 Å². The SMILES string of the molecule is COC1(CN2CCCN3CCCCC3C2)CCOC1. The molecular weight excluding hydrogens is 240 g/mol. The minimum absolute atomic E-state index is 0.0379. The highest BCUT2D eigenvalue weighted by molar-refractivity contribution is 4.91. The van der Waals surface area contributed by atoms with Crippen molar-refractivity contribution in [1.82, 2.24) is 9.80 Å². The summed E-state index contributed by atoms with van der Waals surface area (Å²) in [4.78, 5) is 5.35. The summed E-state index contributed by atoms with van der Waals surface area (Å²) in [6.07, 6.45) is 6.54. The van der Waals surface area contributed by atoms with Gasteiger partial charge >= 0.3 is 0 Å². The van der Waals surface area contributed by atoms with Crippen LogP contribution in [0.3, 0.4) is 0 Å². The fraction of sp³-hybridized carbons (Fsp3) is 1.00. The molecule has 19 heavy (non-hydrogen) atoms. The molecule has 3 aliphatic rings. The standard InChI is InChI=1S/C15H28N2O2/c1-18-15(6-10-19-13-15)12-16-7-4-9-17-8-3-2-5-14(17)11-16/h14H,2-13H2,1H3. The van der Waals surface area contributed by atoms with Gasteiger partial charge in [-0.1, -0.05) is 6.42 Å². The van der Waals surface area contributed by atoms with E-state index in [1.807, 2.05) is 7.11 Å². The number of methoxy groups -OCH3 is 1. The third-order valence-electron chi connectivity index (χ3n) is 5.15. The Morgan fingerprint density at radius 2 is 2.11 bits per heavy atom. The van der Waals surface area contributed by atoms with Crippen molar-refractivity contribution in [2.45, 2.75) is 43.7 Å². The van der Waals surface area contributed by atoms with Crippen LogP contribution in [-0.4, -0.2) is 74.5 Å². The molecule has 0 radical (unpaired) electrons. The van der Waals surface area contributed by atoms with E-state index in [0.717, 1.165) is 32.2 Å². The molecule has 3 saturated heterocycles. The highest BCUT2D eigenvalue weighted by atomic mass is 16.5. The average molecular weight is 268 g/mol. The van der Waals surface area contributed by atoms with Gasteiger partial charge in [-0.15, -0.1) is 0 Å². The Kier molecular flexibility index (Phi) is 4.42. The van der Waals surface area contributed by atoms with Crippen LogP contribution in [0.1, 0.15) is 32.1 Å². The summed E-state index contributed by atoms with van der Waals surface area (Å²) >= 11 is 0. The molecule has 0 aliphatic carbocycles. The van der Waals surface area contributed by atoms with E-state index < -0.39 is 0 Å². The second-order valence-corrected chi connectivity index (χ2v) is 6.46. The number of hydrogen-bond acceptors (Lipinski definition) is 4. The van der Waals surface area contributed by atoms with E-state index in [1.54, 1.807) is 0 Å². The Morgan fingerprint density at radius 3 is 2.89 bits per heavy atom. The van der Waals surface area contributed by atoms with Gasteiger partial charge in [0.25, 0.3) is 0 Å². The van der Waals surface area contributed by atoms with Gasteiger partial charge in [0.2, 0.25) is 0 Å². The lowest BCUT2D eigenvalue weighted by atomic mass is 10.00. The molecule has 0 bridgehead atoms. The molecule has 0 saturated carbocycles. The van der Waals surface area contributed by atoms with Crippen LogP contribution in [0.2, 0.25) is 0 Å². The van der Waals surface area contributed by atoms with Crippen LogP contribution in [0.4, 0.5) is 0 Å². The first-order valence-corrected chi connectivity index (χ1v) is 7.91. The molecule has 0 N–H and O–H groups in total. The van der Waals surface area contributed by atoms with Gasteiger partial charge in [-0.25, -0.2) is 0 Å². The van der Waals surface area contributed by atoms with Crippen molar-refractivity contribution >= 4 is 0 Å². The minimum Gasteiger partial charge on any atom is -0.378 e. The molecule has 3 rings (SSSR count). The molecule has 0 spiro atoms. The van der Waals surface area contributed by atoms with Crippen LogP contribution >= 0.6 is 0 Å². The highest BCUT2D eigenvalue weighted by Gasteiger charge is 2.38. The summed E-state index contributed by atoms with van der Waals surface area (Å²) in [6, 6.07) is 0.785. The molecule has 110 valence electrons. The zero-order chi connectivity index (χ0) is 13.1. The van der Waals surface area contributed by atoms with E-state index in [-0.39, 0.29) is 5.60 Å². The summed E-state index contributed by atoms with van der Waals surface area (Å²) < 4.78 is 11.4. The number of nitrogens with zero attached hydrogens (tertiary/aromatic N) is 2. The van der Waals surface area contributed by atoms with Crippen molar-refractivity contribution in [3.8, 4) is 0 Å². The normalized spacial score (nSPS) is 38.1. The maximum Gasteiger partial charge on any atom is 0.106 e. The molecule has 0 aromatic carbocycles. The Bertz CT molecular complexity index is 292. The van der Waals surface area contributed by atoms with Crippen LogP contribution in [0.25, 0.3) is 0 Å². The predicted octanol–water partition coefficient (Wildman–Crippen LogP) is 1.35. The van der Waals surface area contributed by atoms with E-state index in [4.69, 9.17) is 9.47 Å². The summed E-state index contributed by atoms with van der Waals surface area (Å²) in [6.45, 7) is 7.73. The largest absolute Gasteiger partial charge is 0.378 e. The first-order valence-electron chi connectivity index (χ1n) is 7.91. The Labute approximate surface area is 117 Å². The fourth-order valence-corrected chi connectivity index (χ4v) is 3.94. The van der Waals surface area contributed by atoms with Crippen LogP contribution in [-0.2, 0) is 9.47 Å². The summed E-state index contributed by atoms with van der Waals surface area (Å²) in [5.41, 5.74) is -0.0379. The number of rotatable bonds is 3. The van der Waals surface area contributed by atoms with Crippen molar-refractivity contribution in [1.29, 1.82) is 0 Å². The van der Waals surface area contributed by atoms with E-state index in [9.17, 15) is 0 Å². The predicted molar refractivity (Wildman–Crippen MR) is 75.4 cm³/mol. The van der Waals surface area contributed by atoms with Crippen molar-refractivity contribution in [3.63, 3.8) is 0 Å². The maximum atomic E-state index is 5.80. The lowest BCUT2D eigenvalue weighted by molar-refractivity contribution is -0.0425. The van der Waals surface area contributed by atoms with Crippen molar-refractivity contribution in [3.05, 3.63) is 0 Å². The summed E-state index contributed by atoms with van der Waals surface area (Å²) in [5.74, 6) is 0. The van der Waals surface area contributed by atoms with E-state index in [1.165, 1.54) is 51.9 Å². The van der Waals surface area contributed by atoms with Crippen molar-refractivity contribution < 1.29 is 9.47 Å². The summed E-state index contributed by atoms with van der Waals surface area (Å²) in [5, 5.41) is 0. The van der Waals surface area contributed by atoms with Crippen molar-refractivity contribution in [2.75, 3.05) is 53.0 Å². The number of hydrogen-bond donors (Lipinski definition) is 0. The fourth-order valence-electron chi connectivity index (χ4n) is 3.94. The van der Waals surface area contributed by atoms with Gasteiger partial charge in [0.1, 0.15) is 5.60 Å². The Hall–Kier alpha value is -0.160. The van der Waals surface area contributed by atoms with Crippen LogP contribution in [0, 0.1) is 0 Å². The van der Waals surface area contributed by atoms with Gasteiger partial charge < -0.3 is 9.47 Å². The first-order chi connectivity index (χ1) is 9.31. The molecule has 4 heteroatoms. The second-order valence-electron chi connectivity index (χ2n) is 6.46. The topological polar surface area (TPSA) is 24.9 Å². The van der Waals surface area contributed by atoms with E-state index in [2.05, 4.69) is 9.80 Å². The van der Waals surface area contributed by atoms with Gasteiger partial charge in [0, 0.05) is 39.3 Å². The molecular formula is C15H28N2O2. The van der Waals surface area contributed by atoms with E-state index in [0.29, 0.717) is 0 Å². The van der Waals surface area contributed by atoms with Crippen molar-refractivity contribution in [2.24, 2.45) is 0 Å². The van der Waals surface area contributed by atoms with Gasteiger partial charge in [-0.2, -0.15) is 0 Å². The smallest absolute Gasteiger partial charge is 0.106 e. The molecule has 4 nitrogen and oxygen atoms in total. The third-order valence-corrected chi connectivity index (χ3v) is 5.15. The lowest BCUT2D eigenvalue weighted by Crippen LogP contribution is -2.49. The highest BCUT2D eigenvalue weighted by Crippen LogP contribution is 2.26. The molecule has 3 heterocycles. The number of ether oxygens (including phenoxy) is 2. The average Bonchev–Trinajstić information content (AvgIpc) is 2.80. The zero-order valence-electron chi connectivity index (χ0n) is 12.3. The Morgan fingerprint density at radius 1 is 1.21 bits per heavy atom. The third kappa shape index (κ3) is 3.13. The minimum atomic E-state index is -0.0379. The molecule has 3 aliphatic heterocycles. The van der Waals surface area contributed by atoms with Gasteiger partial charge in [-0.05, 0) is 38.9 Å². The first kappa shape index (κ1) is 13.8. The van der Waals surface area contributed by atoms with Gasteiger partial charge in [0.15, 0.2) is 0 Å². The molecule has 2 atom stereocenters. The molecule has 2 unspecified atom stereocenters. The number of piperidine rings is 1. The van der Waals surface area contributed by atoms with Gasteiger partial charge in [0.05, 0.1) is 6.61 Å². The Balaban J connectivity index is 1.61.